The summed E-state index contributed by atoms with van der Waals surface area (Å²) in [5.74, 6) is 0.793. The lowest BCUT2D eigenvalue weighted by molar-refractivity contribution is -0.116. The minimum atomic E-state index is -0.563. The third kappa shape index (κ3) is 5.20. The monoisotopic (exact) mass is 423 g/mol. The molecular formula is C25H33N3O3. The molecule has 2 aromatic carbocycles. The Morgan fingerprint density at radius 1 is 1.10 bits per heavy atom. The normalized spacial score (nSPS) is 22.6. The van der Waals surface area contributed by atoms with Gasteiger partial charge in [-0.15, -0.1) is 0 Å². The van der Waals surface area contributed by atoms with E-state index < -0.39 is 6.10 Å². The first-order valence-corrected chi connectivity index (χ1v) is 11.2. The molecule has 31 heavy (non-hydrogen) atoms. The Morgan fingerprint density at radius 2 is 1.81 bits per heavy atom. The van der Waals surface area contributed by atoms with Gasteiger partial charge in [-0.25, -0.2) is 0 Å². The van der Waals surface area contributed by atoms with Crippen LogP contribution < -0.4 is 15.0 Å². The molecule has 2 heterocycles. The van der Waals surface area contributed by atoms with Crippen LogP contribution >= 0.6 is 0 Å². The minimum Gasteiger partial charge on any atom is -0.491 e. The number of aliphatic hydroxyl groups is 1. The van der Waals surface area contributed by atoms with Crippen LogP contribution in [-0.2, 0) is 11.2 Å². The van der Waals surface area contributed by atoms with Gasteiger partial charge in [-0.3, -0.25) is 9.69 Å². The van der Waals surface area contributed by atoms with Gasteiger partial charge < -0.3 is 20.1 Å². The Bertz CT molecular complexity index is 903. The number of β-amino-alcohol motifs (C(OH)–C–C–N with tert-alkyl or cyclic N) is 1. The van der Waals surface area contributed by atoms with Gasteiger partial charge in [0, 0.05) is 49.5 Å². The maximum absolute atomic E-state index is 11.5. The van der Waals surface area contributed by atoms with Crippen LogP contribution in [0.4, 0.5) is 11.4 Å². The molecule has 2 aromatic rings. The van der Waals surface area contributed by atoms with E-state index in [4.69, 9.17) is 4.74 Å². The molecule has 6 nitrogen and oxygen atoms in total. The first-order valence-electron chi connectivity index (χ1n) is 11.2. The average molecular weight is 424 g/mol. The molecule has 0 bridgehead atoms. The van der Waals surface area contributed by atoms with Gasteiger partial charge in [0.2, 0.25) is 5.91 Å². The number of aliphatic hydroxyl groups excluding tert-OH is 1. The van der Waals surface area contributed by atoms with Crippen LogP contribution in [0, 0.1) is 6.92 Å². The molecule has 166 valence electrons. The standard InChI is InChI=1S/C25H33N3O3/c1-17-4-7-21(8-5-17)27-13-18(2)28(19(3)14-27)15-22(29)16-31-23-9-10-24-20(12-23)6-11-25(30)26-24/h4-5,7-10,12,18-19,22,29H,6,11,13-16H2,1-3H3,(H,26,30)/t18-,19+,22-/m0/s1. The number of carbonyl (C=O) groups excluding carboxylic acids is 1. The molecule has 4 rings (SSSR count). The second kappa shape index (κ2) is 9.28. The van der Waals surface area contributed by atoms with Crippen LogP contribution in [0.1, 0.15) is 31.4 Å². The van der Waals surface area contributed by atoms with Crippen LogP contribution in [0.3, 0.4) is 0 Å². The zero-order chi connectivity index (χ0) is 22.0. The van der Waals surface area contributed by atoms with Crippen molar-refractivity contribution in [3.63, 3.8) is 0 Å². The molecule has 6 heteroatoms. The molecule has 2 aliphatic rings. The SMILES string of the molecule is Cc1ccc(N2C[C@@H](C)N(C[C@H](O)COc3ccc4c(c3)CCC(=O)N4)[C@@H](C)C2)cc1. The molecular weight excluding hydrogens is 390 g/mol. The van der Waals surface area contributed by atoms with Crippen molar-refractivity contribution in [1.82, 2.24) is 4.90 Å². The van der Waals surface area contributed by atoms with E-state index in [1.165, 1.54) is 11.3 Å². The van der Waals surface area contributed by atoms with Crippen molar-refractivity contribution >= 4 is 17.3 Å². The third-order valence-electron chi connectivity index (χ3n) is 6.34. The number of rotatable bonds is 6. The predicted octanol–water partition coefficient (Wildman–Crippen LogP) is 3.22. The largest absolute Gasteiger partial charge is 0.491 e. The van der Waals surface area contributed by atoms with E-state index in [-0.39, 0.29) is 12.5 Å². The van der Waals surface area contributed by atoms with Gasteiger partial charge in [-0.2, -0.15) is 0 Å². The minimum absolute atomic E-state index is 0.0577. The molecule has 1 saturated heterocycles. The molecule has 0 aliphatic carbocycles. The van der Waals surface area contributed by atoms with Gasteiger partial charge in [0.25, 0.3) is 0 Å². The fourth-order valence-electron chi connectivity index (χ4n) is 4.62. The summed E-state index contributed by atoms with van der Waals surface area (Å²) in [5.41, 5.74) is 4.48. The summed E-state index contributed by atoms with van der Waals surface area (Å²) in [4.78, 5) is 16.3. The van der Waals surface area contributed by atoms with E-state index in [2.05, 4.69) is 60.2 Å². The van der Waals surface area contributed by atoms with Gasteiger partial charge in [-0.1, -0.05) is 17.7 Å². The highest BCUT2D eigenvalue weighted by Gasteiger charge is 2.31. The molecule has 2 N–H and O–H groups in total. The lowest BCUT2D eigenvalue weighted by atomic mass is 10.0. The summed E-state index contributed by atoms with van der Waals surface area (Å²) in [5, 5.41) is 13.5. The molecule has 0 spiro atoms. The van der Waals surface area contributed by atoms with Crippen molar-refractivity contribution in [3.05, 3.63) is 53.6 Å². The van der Waals surface area contributed by atoms with Gasteiger partial charge >= 0.3 is 0 Å². The number of ether oxygens (including phenoxy) is 1. The lowest BCUT2D eigenvalue weighted by Gasteiger charge is -2.46. The number of hydrogen-bond acceptors (Lipinski definition) is 5. The summed E-state index contributed by atoms with van der Waals surface area (Å²) in [7, 11) is 0. The zero-order valence-electron chi connectivity index (χ0n) is 18.7. The Balaban J connectivity index is 1.30. The highest BCUT2D eigenvalue weighted by molar-refractivity contribution is 5.94. The maximum Gasteiger partial charge on any atom is 0.224 e. The topological polar surface area (TPSA) is 65.0 Å². The van der Waals surface area contributed by atoms with Crippen molar-refractivity contribution in [2.24, 2.45) is 0 Å². The van der Waals surface area contributed by atoms with E-state index in [0.29, 0.717) is 25.0 Å². The average Bonchev–Trinajstić information content (AvgIpc) is 2.75. The Morgan fingerprint density at radius 3 is 2.52 bits per heavy atom. The Labute approximate surface area is 184 Å². The predicted molar refractivity (Wildman–Crippen MR) is 124 cm³/mol. The highest BCUT2D eigenvalue weighted by atomic mass is 16.5. The number of aryl methyl sites for hydroxylation is 2. The number of fused-ring (bicyclic) bond motifs is 1. The number of amides is 1. The van der Waals surface area contributed by atoms with E-state index in [9.17, 15) is 9.90 Å². The van der Waals surface area contributed by atoms with Gasteiger partial charge in [0.15, 0.2) is 0 Å². The number of piperazine rings is 1. The van der Waals surface area contributed by atoms with Crippen LogP contribution in [0.5, 0.6) is 5.75 Å². The number of anilines is 2. The zero-order valence-corrected chi connectivity index (χ0v) is 18.7. The maximum atomic E-state index is 11.5. The number of nitrogens with one attached hydrogen (secondary N) is 1. The van der Waals surface area contributed by atoms with Crippen LogP contribution in [0.15, 0.2) is 42.5 Å². The van der Waals surface area contributed by atoms with Crippen molar-refractivity contribution in [3.8, 4) is 5.75 Å². The van der Waals surface area contributed by atoms with Gasteiger partial charge in [-0.05, 0) is 63.1 Å². The fourth-order valence-corrected chi connectivity index (χ4v) is 4.62. The summed E-state index contributed by atoms with van der Waals surface area (Å²) in [6.07, 6.45) is 0.663. The van der Waals surface area contributed by atoms with Gasteiger partial charge in [0.1, 0.15) is 18.5 Å². The van der Waals surface area contributed by atoms with Crippen molar-refractivity contribution in [2.45, 2.75) is 51.8 Å². The molecule has 0 radical (unpaired) electrons. The summed E-state index contributed by atoms with van der Waals surface area (Å²) < 4.78 is 5.87. The van der Waals surface area contributed by atoms with E-state index in [1.54, 1.807) is 0 Å². The molecule has 1 amide bonds. The Hall–Kier alpha value is -2.57. The van der Waals surface area contributed by atoms with Crippen LogP contribution in [0.25, 0.3) is 0 Å². The summed E-state index contributed by atoms with van der Waals surface area (Å²) in [6.45, 7) is 9.28. The number of benzene rings is 2. The van der Waals surface area contributed by atoms with Crippen molar-refractivity contribution in [1.29, 1.82) is 0 Å². The van der Waals surface area contributed by atoms with E-state index in [0.717, 1.165) is 36.5 Å². The molecule has 2 aliphatic heterocycles. The molecule has 3 atom stereocenters. The Kier molecular flexibility index (Phi) is 6.49. The van der Waals surface area contributed by atoms with Gasteiger partial charge in [0.05, 0.1) is 0 Å². The summed E-state index contributed by atoms with van der Waals surface area (Å²) in [6, 6.07) is 15.1. The van der Waals surface area contributed by atoms with Crippen molar-refractivity contribution in [2.75, 3.05) is 36.5 Å². The smallest absolute Gasteiger partial charge is 0.224 e. The molecule has 0 aromatic heterocycles. The van der Waals surface area contributed by atoms with Crippen LogP contribution in [0.2, 0.25) is 0 Å². The lowest BCUT2D eigenvalue weighted by Crippen LogP contribution is -2.58. The van der Waals surface area contributed by atoms with E-state index >= 15 is 0 Å². The number of carbonyl (C=O) groups is 1. The number of hydrogen-bond donors (Lipinski definition) is 2. The second-order valence-electron chi connectivity index (χ2n) is 8.97. The van der Waals surface area contributed by atoms with Crippen molar-refractivity contribution < 1.29 is 14.6 Å². The first kappa shape index (κ1) is 21.7. The quantitative estimate of drug-likeness (QED) is 0.747. The second-order valence-corrected chi connectivity index (χ2v) is 8.97. The molecule has 1 fully saturated rings. The first-order chi connectivity index (χ1) is 14.9. The molecule has 0 unspecified atom stereocenters. The fraction of sp³-hybridized carbons (Fsp3) is 0.480. The van der Waals surface area contributed by atoms with Crippen LogP contribution in [-0.4, -0.2) is 60.3 Å². The summed E-state index contributed by atoms with van der Waals surface area (Å²) >= 11 is 0. The van der Waals surface area contributed by atoms with E-state index in [1.807, 2.05) is 18.2 Å². The molecule has 0 saturated carbocycles. The third-order valence-corrected chi connectivity index (χ3v) is 6.34. The number of nitrogens with zero attached hydrogens (tertiary/aromatic N) is 2. The highest BCUT2D eigenvalue weighted by Crippen LogP contribution is 2.27.